The summed E-state index contributed by atoms with van der Waals surface area (Å²) < 4.78 is 40.3. The lowest BCUT2D eigenvalue weighted by Crippen LogP contribution is -2.35. The number of carbonyl (C=O) groups excluding carboxylic acids is 1. The van der Waals surface area contributed by atoms with Gasteiger partial charge in [-0.05, 0) is 147 Å². The lowest BCUT2D eigenvalue weighted by atomic mass is 10.0. The van der Waals surface area contributed by atoms with Crippen molar-refractivity contribution in [2.24, 2.45) is 17.8 Å². The number of thiazole rings is 3. The van der Waals surface area contributed by atoms with Gasteiger partial charge in [0.25, 0.3) is 0 Å². The zero-order valence-corrected chi connectivity index (χ0v) is 66.1. The van der Waals surface area contributed by atoms with Crippen LogP contribution < -0.4 is 28.9 Å². The standard InChI is InChI=1S/C29H35N3O4S.2C28H33N3O4S/c1-20-4-7-27(36-18-24-6-5-22(15-21(24)2)16-31-10-12-35-13-11-31)25(14-20)26-19-37-29(30-26)32-9-8-23(17-32)28(33)34-3;2*1-19-3-6-26(24(13-19)25-18-36-28(29-25)31-8-7-22(16-31)27(32)33)35-17-23-5-4-21(14-20(23)2)15-30-9-11-34-12-10-30/h4-7,14-15,19,23H,8-13,16-18H2,1-3H3;2*3-6,13-14,18,22H,7-12,15-17H2,1-2H3,(H,32,33)/t;2*22-/m.10/s1. The van der Waals surface area contributed by atoms with Gasteiger partial charge in [0.15, 0.2) is 15.4 Å². The van der Waals surface area contributed by atoms with Gasteiger partial charge in [-0.3, -0.25) is 29.1 Å². The van der Waals surface area contributed by atoms with Crippen LogP contribution in [0.5, 0.6) is 17.2 Å². The maximum atomic E-state index is 11.9. The molecule has 6 fully saturated rings. The predicted molar refractivity (Wildman–Crippen MR) is 430 cm³/mol. The SMILES string of the molecule is COC(=O)C1CCN(c2nc(-c3cc(C)ccc3OCc3ccc(CN4CCOCC4)cc3C)cs2)C1.Cc1ccc(OCc2ccc(CN3CCOCC3)cc2C)c(-c2csc(N3CC[C@@H](C(=O)O)C3)n2)c1.Cc1ccc(OCc2ccc(CN3CCOCC3)cc2C)c(-c2csc(N3CC[C@H](C(=O)O)C3)n2)c1. The van der Waals surface area contributed by atoms with E-state index in [1.807, 2.05) is 29.0 Å². The van der Waals surface area contributed by atoms with Gasteiger partial charge >= 0.3 is 17.9 Å². The van der Waals surface area contributed by atoms with Gasteiger partial charge in [0.1, 0.15) is 37.1 Å². The summed E-state index contributed by atoms with van der Waals surface area (Å²) in [6, 6.07) is 38.5. The molecule has 6 aliphatic rings. The van der Waals surface area contributed by atoms with Gasteiger partial charge in [0.2, 0.25) is 0 Å². The van der Waals surface area contributed by atoms with E-state index in [0.29, 0.717) is 52.3 Å². The van der Waals surface area contributed by atoms with Crippen LogP contribution in [0, 0.1) is 59.3 Å². The highest BCUT2D eigenvalue weighted by molar-refractivity contribution is 7.14. The molecule has 2 N–H and O–H groups in total. The number of anilines is 3. The molecule has 6 aliphatic heterocycles. The molecule has 6 aromatic carbocycles. The Balaban J connectivity index is 0.000000144. The second-order valence-corrected chi connectivity index (χ2v) is 31.9. The highest BCUT2D eigenvalue weighted by Crippen LogP contribution is 2.41. The van der Waals surface area contributed by atoms with E-state index in [2.05, 4.69) is 167 Å². The average Bonchev–Trinajstić information content (AvgIpc) is 1.71. The molecule has 0 radical (unpaired) electrons. The molecule has 3 atom stereocenters. The van der Waals surface area contributed by atoms with E-state index in [4.69, 9.17) is 48.1 Å². The third-order valence-corrected chi connectivity index (χ3v) is 23.9. The second-order valence-electron chi connectivity index (χ2n) is 29.4. The zero-order valence-electron chi connectivity index (χ0n) is 63.7. The second kappa shape index (κ2) is 37.3. The van der Waals surface area contributed by atoms with Crippen LogP contribution in [0.2, 0.25) is 0 Å². The predicted octanol–water partition coefficient (Wildman–Crippen LogP) is 14.3. The van der Waals surface area contributed by atoms with Crippen molar-refractivity contribution in [2.45, 2.75) is 100 Å². The lowest BCUT2D eigenvalue weighted by molar-refractivity contribution is -0.144. The molecule has 24 heteroatoms. The van der Waals surface area contributed by atoms with Crippen LogP contribution in [0.25, 0.3) is 33.8 Å². The molecule has 0 aliphatic carbocycles. The minimum atomic E-state index is -0.729. The minimum absolute atomic E-state index is 0.0845. The van der Waals surface area contributed by atoms with Gasteiger partial charge in [0, 0.05) is 131 Å². The summed E-state index contributed by atoms with van der Waals surface area (Å²) in [6.07, 6.45) is 2.12. The van der Waals surface area contributed by atoms with Crippen molar-refractivity contribution in [3.8, 4) is 51.0 Å². The normalized spacial score (nSPS) is 18.4. The number of methoxy groups -OCH3 is 1. The van der Waals surface area contributed by atoms with E-state index in [0.717, 1.165) is 208 Å². The Labute approximate surface area is 651 Å². The monoisotopic (exact) mass is 1540 g/mol. The summed E-state index contributed by atoms with van der Waals surface area (Å²) in [6.45, 7) is 31.7. The Kier molecular flexibility index (Phi) is 26.8. The maximum Gasteiger partial charge on any atom is 0.310 e. The molecule has 1 unspecified atom stereocenters. The largest absolute Gasteiger partial charge is 0.488 e. The Morgan fingerprint density at radius 1 is 0.413 bits per heavy atom. The summed E-state index contributed by atoms with van der Waals surface area (Å²) >= 11 is 4.72. The topological polar surface area (TPSA) is 214 Å². The van der Waals surface area contributed by atoms with E-state index in [9.17, 15) is 24.6 Å². The Hall–Kier alpha value is -8.82. The number of esters is 1. The number of hydrogen-bond donors (Lipinski definition) is 2. The number of benzene rings is 6. The third-order valence-electron chi connectivity index (χ3n) is 21.2. The molecule has 15 rings (SSSR count). The number of rotatable bonds is 24. The van der Waals surface area contributed by atoms with Crippen LogP contribution in [0.1, 0.15) is 86.0 Å². The van der Waals surface area contributed by atoms with Gasteiger partial charge in [-0.15, -0.1) is 34.0 Å². The van der Waals surface area contributed by atoms with Crippen LogP contribution in [0.15, 0.2) is 125 Å². The molecular formula is C85H101N9O12S3. The maximum absolute atomic E-state index is 11.9. The molecule has 3 aromatic heterocycles. The Morgan fingerprint density at radius 3 is 1.00 bits per heavy atom. The Bertz CT molecular complexity index is 4390. The molecule has 0 spiro atoms. The lowest BCUT2D eigenvalue weighted by Gasteiger charge is -2.26. The van der Waals surface area contributed by atoms with E-state index in [-0.39, 0.29) is 23.7 Å². The van der Waals surface area contributed by atoms with Gasteiger partial charge in [-0.25, -0.2) is 15.0 Å². The van der Waals surface area contributed by atoms with Crippen molar-refractivity contribution in [2.75, 3.05) is 140 Å². The third kappa shape index (κ3) is 20.8. The van der Waals surface area contributed by atoms with Crippen molar-refractivity contribution in [1.29, 1.82) is 0 Å². The summed E-state index contributed by atoms with van der Waals surface area (Å²) in [7, 11) is 1.45. The van der Waals surface area contributed by atoms with Crippen LogP contribution in [0.3, 0.4) is 0 Å². The molecule has 109 heavy (non-hydrogen) atoms. The fraction of sp³-hybridized carbons (Fsp3) is 0.435. The molecule has 9 heterocycles. The molecule has 0 saturated carbocycles. The zero-order chi connectivity index (χ0) is 75.9. The molecule has 576 valence electrons. The van der Waals surface area contributed by atoms with Gasteiger partial charge < -0.3 is 58.1 Å². The molecule has 0 amide bonds. The molecule has 6 saturated heterocycles. The number of aryl methyl sites for hydroxylation is 6. The van der Waals surface area contributed by atoms with Crippen molar-refractivity contribution < 1.29 is 57.8 Å². The average molecular weight is 1540 g/mol. The highest BCUT2D eigenvalue weighted by Gasteiger charge is 2.33. The first-order valence-corrected chi connectivity index (χ1v) is 40.6. The first-order valence-electron chi connectivity index (χ1n) is 37.9. The minimum Gasteiger partial charge on any atom is -0.488 e. The van der Waals surface area contributed by atoms with E-state index in [1.54, 1.807) is 34.0 Å². The van der Waals surface area contributed by atoms with Gasteiger partial charge in [-0.2, -0.15) is 0 Å². The number of morpholine rings is 3. The van der Waals surface area contributed by atoms with Crippen LogP contribution >= 0.6 is 34.0 Å². The van der Waals surface area contributed by atoms with Gasteiger partial charge in [0.05, 0.1) is 81.6 Å². The van der Waals surface area contributed by atoms with E-state index >= 15 is 0 Å². The van der Waals surface area contributed by atoms with Crippen molar-refractivity contribution >= 4 is 67.3 Å². The summed E-state index contributed by atoms with van der Waals surface area (Å²) in [5.74, 6) is 0.113. The first kappa shape index (κ1) is 78.3. The van der Waals surface area contributed by atoms with Crippen molar-refractivity contribution in [3.05, 3.63) is 192 Å². The molecule has 0 bridgehead atoms. The summed E-state index contributed by atoms with van der Waals surface area (Å²) in [5, 5.41) is 27.5. The number of aliphatic carboxylic acids is 2. The number of carboxylic acids is 2. The first-order chi connectivity index (χ1) is 52.9. The van der Waals surface area contributed by atoms with Crippen LogP contribution in [-0.2, 0) is 72.8 Å². The van der Waals surface area contributed by atoms with Gasteiger partial charge in [-0.1, -0.05) is 89.5 Å². The number of carboxylic acid groups (broad SMARTS) is 2. The molecule has 9 aromatic rings. The quantitative estimate of drug-likeness (QED) is 0.0538. The van der Waals surface area contributed by atoms with Crippen LogP contribution in [-0.4, -0.2) is 183 Å². The van der Waals surface area contributed by atoms with E-state index in [1.165, 1.54) is 57.2 Å². The van der Waals surface area contributed by atoms with Crippen LogP contribution in [0.4, 0.5) is 15.4 Å². The number of ether oxygens (including phenoxy) is 7. The Morgan fingerprint density at radius 2 is 0.716 bits per heavy atom. The fourth-order valence-corrected chi connectivity index (χ4v) is 17.2. The van der Waals surface area contributed by atoms with Crippen molar-refractivity contribution in [1.82, 2.24) is 29.7 Å². The summed E-state index contributed by atoms with van der Waals surface area (Å²) in [4.78, 5) is 62.9. The number of nitrogens with zero attached hydrogens (tertiary/aromatic N) is 9. The number of hydrogen-bond acceptors (Lipinski definition) is 22. The fourth-order valence-electron chi connectivity index (χ4n) is 14.6. The van der Waals surface area contributed by atoms with Crippen molar-refractivity contribution in [3.63, 3.8) is 0 Å². The number of aromatic nitrogens is 3. The summed E-state index contributed by atoms with van der Waals surface area (Å²) in [5.41, 5.74) is 20.2. The molecular weight excluding hydrogens is 1440 g/mol. The van der Waals surface area contributed by atoms with E-state index < -0.39 is 11.9 Å². The molecule has 21 nitrogen and oxygen atoms in total. The smallest absolute Gasteiger partial charge is 0.310 e. The number of carbonyl (C=O) groups is 3. The highest BCUT2D eigenvalue weighted by atomic mass is 32.1.